The smallest absolute Gasteiger partial charge is 0.123 e. The van der Waals surface area contributed by atoms with Crippen LogP contribution in [0.1, 0.15) is 28.3 Å². The Hall–Kier alpha value is -1.37. The van der Waals surface area contributed by atoms with Gasteiger partial charge in [-0.25, -0.2) is 0 Å². The first kappa shape index (κ1) is 14.0. The second-order valence-electron chi connectivity index (χ2n) is 5.94. The van der Waals surface area contributed by atoms with Crippen LogP contribution in [-0.2, 0) is 4.74 Å². The van der Waals surface area contributed by atoms with Crippen LogP contribution in [-0.4, -0.2) is 32.2 Å². The van der Waals surface area contributed by atoms with E-state index in [1.807, 2.05) is 14.1 Å². The summed E-state index contributed by atoms with van der Waals surface area (Å²) in [5, 5.41) is 9.60. The van der Waals surface area contributed by atoms with E-state index in [1.165, 1.54) is 22.3 Å². The summed E-state index contributed by atoms with van der Waals surface area (Å²) in [5.74, 6) is 0. The van der Waals surface area contributed by atoms with Gasteiger partial charge in [0.2, 0.25) is 0 Å². The number of nitrogens with zero attached hydrogens (tertiary/aromatic N) is 2. The van der Waals surface area contributed by atoms with E-state index in [-0.39, 0.29) is 6.04 Å². The van der Waals surface area contributed by atoms with Gasteiger partial charge in [0.25, 0.3) is 0 Å². The highest BCUT2D eigenvalue weighted by molar-refractivity contribution is 5.42. The summed E-state index contributed by atoms with van der Waals surface area (Å²) in [6, 6.07) is 6.98. The van der Waals surface area contributed by atoms with Gasteiger partial charge >= 0.3 is 0 Å². The van der Waals surface area contributed by atoms with E-state index < -0.39 is 5.41 Å². The molecule has 1 aliphatic heterocycles. The summed E-state index contributed by atoms with van der Waals surface area (Å²) in [5.41, 5.74) is 4.66. The van der Waals surface area contributed by atoms with Gasteiger partial charge in [-0.2, -0.15) is 5.26 Å². The lowest BCUT2D eigenvalue weighted by atomic mass is 9.73. The van der Waals surface area contributed by atoms with E-state index in [1.54, 1.807) is 0 Å². The third kappa shape index (κ3) is 2.27. The number of aryl methyl sites for hydroxylation is 3. The Morgan fingerprint density at radius 2 is 1.74 bits per heavy atom. The van der Waals surface area contributed by atoms with Crippen molar-refractivity contribution in [2.45, 2.75) is 26.8 Å². The van der Waals surface area contributed by atoms with Crippen molar-refractivity contribution in [3.63, 3.8) is 0 Å². The predicted molar refractivity (Wildman–Crippen MR) is 75.9 cm³/mol. The van der Waals surface area contributed by atoms with E-state index >= 15 is 0 Å². The van der Waals surface area contributed by atoms with Crippen LogP contribution < -0.4 is 0 Å². The molecular weight excluding hydrogens is 236 g/mol. The van der Waals surface area contributed by atoms with Crippen molar-refractivity contribution in [2.24, 2.45) is 5.41 Å². The van der Waals surface area contributed by atoms with Crippen molar-refractivity contribution in [1.29, 1.82) is 5.26 Å². The average molecular weight is 258 g/mol. The second kappa shape index (κ2) is 4.96. The zero-order valence-corrected chi connectivity index (χ0v) is 12.4. The molecular formula is C16H22N2O. The maximum absolute atomic E-state index is 9.60. The second-order valence-corrected chi connectivity index (χ2v) is 5.94. The summed E-state index contributed by atoms with van der Waals surface area (Å²) in [4.78, 5) is 2.15. The number of hydrogen-bond acceptors (Lipinski definition) is 3. The molecule has 1 aliphatic rings. The van der Waals surface area contributed by atoms with Crippen molar-refractivity contribution >= 4 is 0 Å². The third-order valence-electron chi connectivity index (χ3n) is 3.99. The summed E-state index contributed by atoms with van der Waals surface area (Å²) >= 11 is 0. The molecule has 0 radical (unpaired) electrons. The predicted octanol–water partition coefficient (Wildman–Crippen LogP) is 2.75. The summed E-state index contributed by atoms with van der Waals surface area (Å²) in [6.07, 6.45) is 0. The average Bonchev–Trinajstić information content (AvgIpc) is 2.24. The highest BCUT2D eigenvalue weighted by Gasteiger charge is 2.49. The van der Waals surface area contributed by atoms with Crippen LogP contribution >= 0.6 is 0 Å². The molecule has 3 nitrogen and oxygen atoms in total. The fraction of sp³-hybridized carbons (Fsp3) is 0.562. The van der Waals surface area contributed by atoms with E-state index in [2.05, 4.69) is 43.9 Å². The molecule has 1 fully saturated rings. The molecule has 0 aliphatic carbocycles. The fourth-order valence-electron chi connectivity index (χ4n) is 3.26. The molecule has 1 heterocycles. The normalized spacial score (nSPS) is 18.8. The molecule has 0 amide bonds. The van der Waals surface area contributed by atoms with Gasteiger partial charge in [0.1, 0.15) is 5.41 Å². The first-order valence-corrected chi connectivity index (χ1v) is 6.64. The molecule has 2 rings (SSSR count). The molecule has 1 aromatic carbocycles. The Balaban J connectivity index is 2.56. The molecule has 1 aromatic rings. The monoisotopic (exact) mass is 258 g/mol. The first-order chi connectivity index (χ1) is 8.91. The Bertz CT molecular complexity index is 501. The largest absolute Gasteiger partial charge is 0.378 e. The molecule has 0 N–H and O–H groups in total. The van der Waals surface area contributed by atoms with Crippen molar-refractivity contribution in [2.75, 3.05) is 27.3 Å². The molecule has 3 heteroatoms. The van der Waals surface area contributed by atoms with Crippen LogP contribution in [0.25, 0.3) is 0 Å². The van der Waals surface area contributed by atoms with E-state index in [0.717, 1.165) is 0 Å². The SMILES string of the molecule is Cc1cc(C)c(C(N(C)C)C2(C#N)COC2)c(C)c1. The van der Waals surface area contributed by atoms with Gasteiger partial charge < -0.3 is 9.64 Å². The molecule has 0 spiro atoms. The summed E-state index contributed by atoms with van der Waals surface area (Å²) in [6.45, 7) is 7.44. The Kier molecular flexibility index (Phi) is 3.66. The van der Waals surface area contributed by atoms with Gasteiger partial charge in [-0.1, -0.05) is 17.7 Å². The van der Waals surface area contributed by atoms with Gasteiger partial charge in [-0.15, -0.1) is 0 Å². The molecule has 19 heavy (non-hydrogen) atoms. The minimum atomic E-state index is -0.408. The van der Waals surface area contributed by atoms with Gasteiger partial charge in [0.15, 0.2) is 0 Å². The van der Waals surface area contributed by atoms with Crippen molar-refractivity contribution < 1.29 is 4.74 Å². The van der Waals surface area contributed by atoms with Crippen LogP contribution in [0.2, 0.25) is 0 Å². The number of benzene rings is 1. The lowest BCUT2D eigenvalue weighted by Crippen LogP contribution is -2.51. The van der Waals surface area contributed by atoms with E-state index in [0.29, 0.717) is 13.2 Å². The van der Waals surface area contributed by atoms with Gasteiger partial charge in [0, 0.05) is 0 Å². The van der Waals surface area contributed by atoms with Gasteiger partial charge in [-0.05, 0) is 51.6 Å². The topological polar surface area (TPSA) is 36.3 Å². The molecule has 102 valence electrons. The quantitative estimate of drug-likeness (QED) is 0.836. The number of hydrogen-bond donors (Lipinski definition) is 0. The molecule has 0 bridgehead atoms. The van der Waals surface area contributed by atoms with Gasteiger partial charge in [0.05, 0.1) is 25.3 Å². The van der Waals surface area contributed by atoms with Crippen LogP contribution in [0.5, 0.6) is 0 Å². The molecule has 0 aromatic heterocycles. The number of nitriles is 1. The summed E-state index contributed by atoms with van der Waals surface area (Å²) in [7, 11) is 4.08. The third-order valence-corrected chi connectivity index (χ3v) is 3.99. The van der Waals surface area contributed by atoms with E-state index in [9.17, 15) is 5.26 Å². The lowest BCUT2D eigenvalue weighted by Gasteiger charge is -2.45. The number of rotatable bonds is 3. The standard InChI is InChI=1S/C16H22N2O/c1-11-6-12(2)14(13(3)7-11)15(18(4)5)16(8-17)9-19-10-16/h6-7,15H,9-10H2,1-5H3. The van der Waals surface area contributed by atoms with Crippen LogP contribution in [0.3, 0.4) is 0 Å². The minimum Gasteiger partial charge on any atom is -0.378 e. The summed E-state index contributed by atoms with van der Waals surface area (Å²) < 4.78 is 5.34. The minimum absolute atomic E-state index is 0.0897. The number of ether oxygens (including phenoxy) is 1. The fourth-order valence-corrected chi connectivity index (χ4v) is 3.26. The highest BCUT2D eigenvalue weighted by atomic mass is 16.5. The maximum Gasteiger partial charge on any atom is 0.123 e. The molecule has 1 saturated heterocycles. The Morgan fingerprint density at radius 3 is 2.05 bits per heavy atom. The van der Waals surface area contributed by atoms with Crippen molar-refractivity contribution in [1.82, 2.24) is 4.90 Å². The van der Waals surface area contributed by atoms with Crippen molar-refractivity contribution in [3.05, 3.63) is 34.4 Å². The molecule has 1 atom stereocenters. The van der Waals surface area contributed by atoms with Crippen LogP contribution in [0.15, 0.2) is 12.1 Å². The Labute approximate surface area is 115 Å². The maximum atomic E-state index is 9.60. The first-order valence-electron chi connectivity index (χ1n) is 6.64. The lowest BCUT2D eigenvalue weighted by molar-refractivity contribution is -0.116. The van der Waals surface area contributed by atoms with Crippen LogP contribution in [0, 0.1) is 37.5 Å². The highest BCUT2D eigenvalue weighted by Crippen LogP contribution is 2.45. The zero-order valence-electron chi connectivity index (χ0n) is 12.4. The molecule has 1 unspecified atom stereocenters. The van der Waals surface area contributed by atoms with Gasteiger partial charge in [-0.3, -0.25) is 0 Å². The zero-order chi connectivity index (χ0) is 14.2. The molecule has 0 saturated carbocycles. The van der Waals surface area contributed by atoms with Crippen LogP contribution in [0.4, 0.5) is 0 Å². The van der Waals surface area contributed by atoms with Crippen molar-refractivity contribution in [3.8, 4) is 6.07 Å². The Morgan fingerprint density at radius 1 is 1.21 bits per heavy atom. The van der Waals surface area contributed by atoms with E-state index in [4.69, 9.17) is 4.74 Å².